The van der Waals surface area contributed by atoms with Crippen LogP contribution in [0.25, 0.3) is 0 Å². The Balaban J connectivity index is 2.91. The lowest BCUT2D eigenvalue weighted by Gasteiger charge is -2.38. The maximum atomic E-state index is 11.7. The number of hydrogen-bond acceptors (Lipinski definition) is 2. The quantitative estimate of drug-likeness (QED) is 0.542. The normalized spacial score (nSPS) is 24.0. The molecule has 1 aliphatic rings. The van der Waals surface area contributed by atoms with Crippen molar-refractivity contribution in [1.82, 2.24) is 0 Å². The highest BCUT2D eigenvalue weighted by Crippen LogP contribution is 2.43. The molecular weight excluding hydrogens is 224 g/mol. The van der Waals surface area contributed by atoms with E-state index in [9.17, 15) is 4.79 Å². The van der Waals surface area contributed by atoms with Crippen molar-refractivity contribution in [2.45, 2.75) is 39.7 Å². The summed E-state index contributed by atoms with van der Waals surface area (Å²) in [7, 11) is 0. The van der Waals surface area contributed by atoms with Crippen LogP contribution in [0.1, 0.15) is 34.1 Å². The van der Waals surface area contributed by atoms with Gasteiger partial charge in [0.1, 0.15) is 5.60 Å². The van der Waals surface area contributed by atoms with Crippen LogP contribution < -0.4 is 0 Å². The van der Waals surface area contributed by atoms with Crippen LogP contribution in [0.4, 0.5) is 0 Å². The van der Waals surface area contributed by atoms with Crippen molar-refractivity contribution in [1.29, 1.82) is 0 Å². The second-order valence-corrected chi connectivity index (χ2v) is 5.64. The molecule has 18 heavy (non-hydrogen) atoms. The molecule has 0 radical (unpaired) electrons. The number of esters is 1. The Morgan fingerprint density at radius 1 is 1.56 bits per heavy atom. The molecule has 2 nitrogen and oxygen atoms in total. The first-order valence-electron chi connectivity index (χ1n) is 6.12. The number of carbonyl (C=O) groups excluding carboxylic acids is 1. The first-order chi connectivity index (χ1) is 8.22. The lowest BCUT2D eigenvalue weighted by atomic mass is 9.73. The van der Waals surface area contributed by atoms with E-state index in [1.165, 1.54) is 0 Å². The fraction of sp³-hybridized carbons (Fsp3) is 0.438. The maximum absolute atomic E-state index is 11.7. The Morgan fingerprint density at radius 2 is 2.17 bits per heavy atom. The van der Waals surface area contributed by atoms with Crippen molar-refractivity contribution in [2.75, 3.05) is 0 Å². The third-order valence-electron chi connectivity index (χ3n) is 3.57. The molecule has 0 unspecified atom stereocenters. The van der Waals surface area contributed by atoms with Gasteiger partial charge in [0.15, 0.2) is 0 Å². The van der Waals surface area contributed by atoms with E-state index in [1.54, 1.807) is 6.08 Å². The van der Waals surface area contributed by atoms with Gasteiger partial charge in [0, 0.05) is 5.41 Å². The van der Waals surface area contributed by atoms with Crippen molar-refractivity contribution >= 4 is 5.97 Å². The predicted molar refractivity (Wildman–Crippen MR) is 75.1 cm³/mol. The van der Waals surface area contributed by atoms with E-state index in [-0.39, 0.29) is 11.4 Å². The van der Waals surface area contributed by atoms with Gasteiger partial charge in [-0.1, -0.05) is 50.8 Å². The molecule has 1 atom stereocenters. The molecule has 0 aliphatic carbocycles. The van der Waals surface area contributed by atoms with E-state index in [2.05, 4.69) is 33.1 Å². The van der Waals surface area contributed by atoms with Crippen LogP contribution in [-0.4, -0.2) is 11.6 Å². The van der Waals surface area contributed by atoms with Crippen LogP contribution in [0, 0.1) is 5.41 Å². The monoisotopic (exact) mass is 246 g/mol. The fourth-order valence-electron chi connectivity index (χ4n) is 1.87. The van der Waals surface area contributed by atoms with Gasteiger partial charge >= 0.3 is 5.97 Å². The van der Waals surface area contributed by atoms with Gasteiger partial charge in [0.2, 0.25) is 0 Å². The highest BCUT2D eigenvalue weighted by Gasteiger charge is 2.46. The zero-order valence-corrected chi connectivity index (χ0v) is 11.7. The van der Waals surface area contributed by atoms with E-state index >= 15 is 0 Å². The number of allylic oxidation sites excluding steroid dienone is 3. The van der Waals surface area contributed by atoms with Gasteiger partial charge in [-0.05, 0) is 26.3 Å². The third kappa shape index (κ3) is 2.81. The third-order valence-corrected chi connectivity index (χ3v) is 3.57. The van der Waals surface area contributed by atoms with Gasteiger partial charge in [-0.25, -0.2) is 4.79 Å². The molecule has 0 N–H and O–H groups in total. The molecule has 0 aromatic heterocycles. The van der Waals surface area contributed by atoms with Crippen LogP contribution in [0.3, 0.4) is 0 Å². The van der Waals surface area contributed by atoms with Crippen molar-refractivity contribution in [2.24, 2.45) is 5.41 Å². The van der Waals surface area contributed by atoms with E-state index in [0.717, 1.165) is 12.0 Å². The summed E-state index contributed by atoms with van der Waals surface area (Å²) in [5.74, 6) is -0.288. The molecule has 1 heterocycles. The fourth-order valence-corrected chi connectivity index (χ4v) is 1.87. The Hall–Kier alpha value is -1.57. The minimum Gasteiger partial charge on any atom is -0.451 e. The standard InChI is InChI=1S/C16H22O2/c1-7-13-11-16(6,18-14(13)17)15(4,5)10-8-9-12(2)3/h7-9,11H,1-2,10H2,3-6H3/b9-8+/t16-/m0/s1. The zero-order valence-electron chi connectivity index (χ0n) is 11.7. The summed E-state index contributed by atoms with van der Waals surface area (Å²) in [6.45, 7) is 15.5. The molecule has 1 aliphatic heterocycles. The van der Waals surface area contributed by atoms with Gasteiger partial charge in [-0.3, -0.25) is 0 Å². The average Bonchev–Trinajstić information content (AvgIpc) is 2.54. The summed E-state index contributed by atoms with van der Waals surface area (Å²) in [6.07, 6.45) is 8.29. The summed E-state index contributed by atoms with van der Waals surface area (Å²) in [4.78, 5) is 11.7. The molecular formula is C16H22O2. The molecule has 0 bridgehead atoms. The van der Waals surface area contributed by atoms with Crippen molar-refractivity contribution in [3.8, 4) is 0 Å². The highest BCUT2D eigenvalue weighted by molar-refractivity contribution is 5.94. The second-order valence-electron chi connectivity index (χ2n) is 5.64. The molecule has 98 valence electrons. The highest BCUT2D eigenvalue weighted by atomic mass is 16.6. The summed E-state index contributed by atoms with van der Waals surface area (Å²) < 4.78 is 5.52. The van der Waals surface area contributed by atoms with Crippen molar-refractivity contribution in [3.05, 3.63) is 48.6 Å². The second kappa shape index (κ2) is 4.97. The average molecular weight is 246 g/mol. The minimum absolute atomic E-state index is 0.181. The molecule has 1 rings (SSSR count). The lowest BCUT2D eigenvalue weighted by molar-refractivity contribution is -0.153. The molecule has 2 heteroatoms. The Kier molecular flexibility index (Phi) is 4.00. The largest absolute Gasteiger partial charge is 0.451 e. The summed E-state index contributed by atoms with van der Waals surface area (Å²) in [6, 6.07) is 0. The molecule has 0 amide bonds. The number of cyclic esters (lactones) is 1. The van der Waals surface area contributed by atoms with E-state index in [4.69, 9.17) is 4.74 Å². The van der Waals surface area contributed by atoms with Crippen LogP contribution >= 0.6 is 0 Å². The Bertz CT molecular complexity index is 438. The number of ether oxygens (including phenoxy) is 1. The molecule has 0 spiro atoms. The van der Waals surface area contributed by atoms with E-state index in [1.807, 2.05) is 26.0 Å². The topological polar surface area (TPSA) is 26.3 Å². The smallest absolute Gasteiger partial charge is 0.338 e. The van der Waals surface area contributed by atoms with Gasteiger partial charge in [0.05, 0.1) is 5.57 Å². The first kappa shape index (κ1) is 14.5. The summed E-state index contributed by atoms with van der Waals surface area (Å²) in [5, 5.41) is 0. The molecule has 0 saturated heterocycles. The van der Waals surface area contributed by atoms with Gasteiger partial charge in [0.25, 0.3) is 0 Å². The first-order valence-corrected chi connectivity index (χ1v) is 6.12. The Labute approximate surface area is 110 Å². The van der Waals surface area contributed by atoms with Crippen LogP contribution in [-0.2, 0) is 9.53 Å². The van der Waals surface area contributed by atoms with Gasteiger partial charge in [-0.15, -0.1) is 0 Å². The minimum atomic E-state index is -0.590. The number of hydrogen-bond donors (Lipinski definition) is 0. The van der Waals surface area contributed by atoms with Gasteiger partial charge < -0.3 is 4.74 Å². The van der Waals surface area contributed by atoms with E-state index < -0.39 is 5.60 Å². The lowest BCUT2D eigenvalue weighted by Crippen LogP contribution is -2.41. The molecule has 0 fully saturated rings. The van der Waals surface area contributed by atoms with Crippen LogP contribution in [0.15, 0.2) is 48.6 Å². The number of carbonyl (C=O) groups is 1. The van der Waals surface area contributed by atoms with Crippen LogP contribution in [0.2, 0.25) is 0 Å². The number of rotatable bonds is 5. The van der Waals surface area contributed by atoms with Gasteiger partial charge in [-0.2, -0.15) is 0 Å². The van der Waals surface area contributed by atoms with E-state index in [0.29, 0.717) is 5.57 Å². The molecule has 0 saturated carbocycles. The predicted octanol–water partition coefficient (Wildman–Crippen LogP) is 3.96. The summed E-state index contributed by atoms with van der Waals surface area (Å²) in [5.41, 5.74) is 0.794. The van der Waals surface area contributed by atoms with Crippen LogP contribution in [0.5, 0.6) is 0 Å². The zero-order chi connectivity index (χ0) is 14.0. The van der Waals surface area contributed by atoms with Crippen molar-refractivity contribution in [3.63, 3.8) is 0 Å². The van der Waals surface area contributed by atoms with Crippen molar-refractivity contribution < 1.29 is 9.53 Å². The SMILES string of the molecule is C=CC1=C[C@@](C)(C(C)(C)C/C=C/C(=C)C)OC1=O. The summed E-state index contributed by atoms with van der Waals surface area (Å²) >= 11 is 0. The molecule has 0 aromatic carbocycles. The molecule has 0 aromatic rings. The maximum Gasteiger partial charge on any atom is 0.338 e. The Morgan fingerprint density at radius 3 is 2.61 bits per heavy atom.